The summed E-state index contributed by atoms with van der Waals surface area (Å²) in [4.78, 5) is 0. The lowest BCUT2D eigenvalue weighted by Crippen LogP contribution is -2.56. The van der Waals surface area contributed by atoms with E-state index >= 15 is 0 Å². The van der Waals surface area contributed by atoms with Crippen molar-refractivity contribution < 1.29 is 8.42 Å². The molecular formula is C16H25NO2S. The van der Waals surface area contributed by atoms with Crippen molar-refractivity contribution in [2.75, 3.05) is 5.75 Å². The third-order valence-electron chi connectivity index (χ3n) is 6.40. The molecule has 2 unspecified atom stereocenters. The van der Waals surface area contributed by atoms with Crippen LogP contribution in [0.25, 0.3) is 0 Å². The number of rotatable bonds is 3. The molecule has 1 heterocycles. The molecule has 3 nitrogen and oxygen atoms in total. The Morgan fingerprint density at radius 3 is 2.10 bits per heavy atom. The van der Waals surface area contributed by atoms with Gasteiger partial charge in [-0.3, -0.25) is 0 Å². The van der Waals surface area contributed by atoms with Crippen LogP contribution in [0.15, 0.2) is 11.5 Å². The lowest BCUT2D eigenvalue weighted by molar-refractivity contribution is -0.0710. The average molecular weight is 295 g/mol. The summed E-state index contributed by atoms with van der Waals surface area (Å²) in [6, 6.07) is 0.474. The van der Waals surface area contributed by atoms with Gasteiger partial charge in [0.1, 0.15) is 0 Å². The van der Waals surface area contributed by atoms with Gasteiger partial charge in [-0.15, -0.1) is 0 Å². The van der Waals surface area contributed by atoms with Crippen molar-refractivity contribution in [1.82, 2.24) is 5.32 Å². The van der Waals surface area contributed by atoms with Gasteiger partial charge in [0.2, 0.25) is 0 Å². The van der Waals surface area contributed by atoms with Gasteiger partial charge in [0.15, 0.2) is 9.84 Å². The Labute approximate surface area is 122 Å². The molecule has 1 aliphatic heterocycles. The highest BCUT2D eigenvalue weighted by Crippen LogP contribution is 2.61. The number of hydrogen-bond acceptors (Lipinski definition) is 3. The zero-order valence-corrected chi connectivity index (χ0v) is 13.0. The topological polar surface area (TPSA) is 46.2 Å². The van der Waals surface area contributed by atoms with Gasteiger partial charge in [-0.1, -0.05) is 6.08 Å². The molecule has 4 fully saturated rings. The Kier molecular flexibility index (Phi) is 2.88. The molecule has 0 amide bonds. The first-order valence-electron chi connectivity index (χ1n) is 8.11. The van der Waals surface area contributed by atoms with Gasteiger partial charge in [0.05, 0.1) is 5.75 Å². The molecule has 0 saturated heterocycles. The molecule has 4 bridgehead atoms. The fraction of sp³-hybridized carbons (Fsp3) is 0.875. The van der Waals surface area contributed by atoms with E-state index in [-0.39, 0.29) is 11.8 Å². The van der Waals surface area contributed by atoms with Crippen molar-refractivity contribution in [3.63, 3.8) is 0 Å². The van der Waals surface area contributed by atoms with E-state index in [2.05, 4.69) is 12.2 Å². The molecular weight excluding hydrogens is 270 g/mol. The van der Waals surface area contributed by atoms with Crippen LogP contribution in [-0.4, -0.2) is 26.3 Å². The summed E-state index contributed by atoms with van der Waals surface area (Å²) in [5.74, 6) is 3.11. The van der Waals surface area contributed by atoms with Crippen LogP contribution in [0.5, 0.6) is 0 Å². The quantitative estimate of drug-likeness (QED) is 0.870. The highest BCUT2D eigenvalue weighted by Gasteiger charge is 2.53. The van der Waals surface area contributed by atoms with E-state index in [4.69, 9.17) is 0 Å². The maximum Gasteiger partial charge on any atom is 0.173 e. The van der Waals surface area contributed by atoms with Crippen LogP contribution in [0.2, 0.25) is 0 Å². The van der Waals surface area contributed by atoms with Crippen LogP contribution in [-0.2, 0) is 9.84 Å². The lowest BCUT2D eigenvalue weighted by atomic mass is 9.48. The minimum Gasteiger partial charge on any atom is -0.306 e. The summed E-state index contributed by atoms with van der Waals surface area (Å²) < 4.78 is 23.1. The van der Waals surface area contributed by atoms with E-state index in [0.717, 1.165) is 17.8 Å². The van der Waals surface area contributed by atoms with E-state index in [0.29, 0.717) is 11.5 Å². The Morgan fingerprint density at radius 1 is 1.10 bits per heavy atom. The van der Waals surface area contributed by atoms with Crippen LogP contribution in [0.3, 0.4) is 0 Å². The molecule has 0 aromatic carbocycles. The summed E-state index contributed by atoms with van der Waals surface area (Å²) in [5.41, 5.74) is 0.453. The van der Waals surface area contributed by atoms with Crippen molar-refractivity contribution in [3.8, 4) is 0 Å². The smallest absolute Gasteiger partial charge is 0.173 e. The summed E-state index contributed by atoms with van der Waals surface area (Å²) in [5, 5.41) is 5.01. The maximum atomic E-state index is 11.5. The van der Waals surface area contributed by atoms with Gasteiger partial charge >= 0.3 is 0 Å². The molecule has 5 rings (SSSR count). The zero-order valence-electron chi connectivity index (χ0n) is 12.2. The third kappa shape index (κ3) is 2.16. The van der Waals surface area contributed by atoms with E-state index < -0.39 is 9.84 Å². The minimum atomic E-state index is -2.94. The van der Waals surface area contributed by atoms with Crippen LogP contribution in [0, 0.1) is 23.2 Å². The number of nitrogens with one attached hydrogen (secondary N) is 1. The first kappa shape index (κ1) is 13.3. The fourth-order valence-corrected chi connectivity index (χ4v) is 7.13. The Bertz CT molecular complexity index is 501. The minimum absolute atomic E-state index is 0.0306. The summed E-state index contributed by atoms with van der Waals surface area (Å²) >= 11 is 0. The van der Waals surface area contributed by atoms with Gasteiger partial charge in [-0.2, -0.15) is 0 Å². The van der Waals surface area contributed by atoms with Crippen molar-refractivity contribution in [2.24, 2.45) is 23.2 Å². The fourth-order valence-electron chi connectivity index (χ4n) is 5.89. The predicted octanol–water partition coefficient (Wildman–Crippen LogP) is 2.49. The molecule has 0 aromatic rings. The SMILES string of the molecule is CC(NC1C=CS(=O)(=O)C1)C12CC3CC(CC(C3)C1)C2. The molecule has 0 spiro atoms. The van der Waals surface area contributed by atoms with Crippen LogP contribution < -0.4 is 5.32 Å². The van der Waals surface area contributed by atoms with E-state index in [1.165, 1.54) is 43.9 Å². The highest BCUT2D eigenvalue weighted by atomic mass is 32.2. The number of sulfone groups is 1. The monoisotopic (exact) mass is 295 g/mol. The van der Waals surface area contributed by atoms with Crippen molar-refractivity contribution in [2.45, 2.75) is 57.5 Å². The summed E-state index contributed by atoms with van der Waals surface area (Å²) in [7, 11) is -2.94. The molecule has 4 aliphatic carbocycles. The lowest BCUT2D eigenvalue weighted by Gasteiger charge is -2.59. The van der Waals surface area contributed by atoms with Crippen molar-refractivity contribution in [1.29, 1.82) is 0 Å². The molecule has 112 valence electrons. The van der Waals surface area contributed by atoms with Crippen molar-refractivity contribution >= 4 is 9.84 Å². The molecule has 0 aromatic heterocycles. The second-order valence-electron chi connectivity index (χ2n) is 7.93. The maximum absolute atomic E-state index is 11.5. The summed E-state index contributed by atoms with van der Waals surface area (Å²) in [6.45, 7) is 2.30. The second-order valence-corrected chi connectivity index (χ2v) is 9.86. The molecule has 4 saturated carbocycles. The van der Waals surface area contributed by atoms with Gasteiger partial charge in [-0.25, -0.2) is 8.42 Å². The Hall–Kier alpha value is -0.350. The van der Waals surface area contributed by atoms with Gasteiger partial charge in [-0.05, 0) is 68.6 Å². The molecule has 20 heavy (non-hydrogen) atoms. The van der Waals surface area contributed by atoms with Gasteiger partial charge < -0.3 is 5.32 Å². The summed E-state index contributed by atoms with van der Waals surface area (Å²) in [6.07, 6.45) is 10.3. The van der Waals surface area contributed by atoms with Crippen LogP contribution in [0.1, 0.15) is 45.4 Å². The second kappa shape index (κ2) is 4.33. The highest BCUT2D eigenvalue weighted by molar-refractivity contribution is 7.94. The number of hydrogen-bond donors (Lipinski definition) is 1. The zero-order chi connectivity index (χ0) is 14.0. The molecule has 2 atom stereocenters. The first-order chi connectivity index (χ1) is 9.44. The molecule has 4 heteroatoms. The molecule has 0 radical (unpaired) electrons. The Morgan fingerprint density at radius 2 is 1.65 bits per heavy atom. The standard InChI is InChI=1S/C16H25NO2S/c1-11(17-15-2-3-20(18,19)10-15)16-7-12-4-13(8-16)6-14(5-12)9-16/h2-3,11-15,17H,4-10H2,1H3. The Balaban J connectivity index is 1.49. The van der Waals surface area contributed by atoms with Gasteiger partial charge in [0.25, 0.3) is 0 Å². The van der Waals surface area contributed by atoms with E-state index in [1.807, 2.05) is 6.08 Å². The van der Waals surface area contributed by atoms with Crippen molar-refractivity contribution in [3.05, 3.63) is 11.5 Å². The van der Waals surface area contributed by atoms with E-state index in [9.17, 15) is 8.42 Å². The molecule has 5 aliphatic rings. The largest absolute Gasteiger partial charge is 0.306 e. The molecule has 1 N–H and O–H groups in total. The normalized spacial score (nSPS) is 49.6. The average Bonchev–Trinajstić information content (AvgIpc) is 2.67. The first-order valence-corrected chi connectivity index (χ1v) is 9.83. The van der Waals surface area contributed by atoms with Crippen LogP contribution in [0.4, 0.5) is 0 Å². The predicted molar refractivity (Wildman–Crippen MR) is 79.9 cm³/mol. The third-order valence-corrected chi connectivity index (χ3v) is 7.79. The van der Waals surface area contributed by atoms with Gasteiger partial charge in [0, 0.05) is 17.5 Å². The van der Waals surface area contributed by atoms with Crippen LogP contribution >= 0.6 is 0 Å². The van der Waals surface area contributed by atoms with E-state index in [1.54, 1.807) is 0 Å².